The monoisotopic (exact) mass is 184 g/mol. The molecule has 1 saturated heterocycles. The number of rotatable bonds is 2. The number of nitrogens with two attached hydrogens (primary N) is 1. The summed E-state index contributed by atoms with van der Waals surface area (Å²) in [7, 11) is 0. The Balaban J connectivity index is 2.39. The lowest BCUT2D eigenvalue weighted by Gasteiger charge is -2.30. The number of primary amides is 1. The van der Waals surface area contributed by atoms with Crippen molar-refractivity contribution in [2.24, 2.45) is 11.7 Å². The van der Waals surface area contributed by atoms with Gasteiger partial charge < -0.3 is 10.6 Å². The molecule has 0 aromatic heterocycles. The van der Waals surface area contributed by atoms with Gasteiger partial charge in [0.05, 0.1) is 0 Å². The zero-order chi connectivity index (χ0) is 9.84. The summed E-state index contributed by atoms with van der Waals surface area (Å²) in [5.74, 6) is -0.0903. The minimum Gasteiger partial charge on any atom is -0.369 e. The first kappa shape index (κ1) is 10.0. The molecule has 4 nitrogen and oxygen atoms in total. The molecule has 4 heteroatoms. The summed E-state index contributed by atoms with van der Waals surface area (Å²) in [5, 5.41) is 0. The van der Waals surface area contributed by atoms with Gasteiger partial charge in [-0.05, 0) is 12.8 Å². The lowest BCUT2D eigenvalue weighted by molar-refractivity contribution is -0.134. The predicted octanol–water partition coefficient (Wildman–Crippen LogP) is 0.120. The molecule has 0 bridgehead atoms. The molecular weight excluding hydrogens is 168 g/mol. The Morgan fingerprint density at radius 2 is 1.92 bits per heavy atom. The maximum Gasteiger partial charge on any atom is 0.222 e. The fraction of sp³-hybridized carbons (Fsp3) is 0.778. The van der Waals surface area contributed by atoms with Crippen LogP contribution in [0.5, 0.6) is 0 Å². The summed E-state index contributed by atoms with van der Waals surface area (Å²) in [6.45, 7) is 3.21. The number of amides is 2. The molecule has 0 spiro atoms. The largest absolute Gasteiger partial charge is 0.369 e. The average molecular weight is 184 g/mol. The third kappa shape index (κ3) is 2.44. The van der Waals surface area contributed by atoms with Gasteiger partial charge in [0.2, 0.25) is 11.8 Å². The summed E-state index contributed by atoms with van der Waals surface area (Å²) in [4.78, 5) is 23.9. The van der Waals surface area contributed by atoms with E-state index in [9.17, 15) is 9.59 Å². The van der Waals surface area contributed by atoms with Crippen LogP contribution in [0.1, 0.15) is 26.2 Å². The van der Waals surface area contributed by atoms with Gasteiger partial charge in [0.1, 0.15) is 0 Å². The van der Waals surface area contributed by atoms with Crippen LogP contribution in [0, 0.1) is 5.92 Å². The van der Waals surface area contributed by atoms with Gasteiger partial charge in [0, 0.05) is 25.4 Å². The molecule has 1 aliphatic heterocycles. The van der Waals surface area contributed by atoms with Crippen molar-refractivity contribution in [1.29, 1.82) is 0 Å². The molecule has 0 atom stereocenters. The Labute approximate surface area is 78.1 Å². The van der Waals surface area contributed by atoms with Gasteiger partial charge in [-0.1, -0.05) is 6.92 Å². The molecule has 1 rings (SSSR count). The number of carbonyl (C=O) groups is 2. The Bertz CT molecular complexity index is 208. The van der Waals surface area contributed by atoms with Crippen LogP contribution in [0.3, 0.4) is 0 Å². The first-order valence-electron chi connectivity index (χ1n) is 4.72. The van der Waals surface area contributed by atoms with Crippen molar-refractivity contribution < 1.29 is 9.59 Å². The van der Waals surface area contributed by atoms with Gasteiger partial charge in [-0.3, -0.25) is 9.59 Å². The van der Waals surface area contributed by atoms with Crippen LogP contribution in [0.4, 0.5) is 0 Å². The smallest absolute Gasteiger partial charge is 0.222 e. The fourth-order valence-electron chi connectivity index (χ4n) is 1.64. The van der Waals surface area contributed by atoms with E-state index in [1.807, 2.05) is 6.92 Å². The molecule has 13 heavy (non-hydrogen) atoms. The standard InChI is InChI=1S/C9H16N2O2/c1-2-8(12)11-5-3-7(4-6-11)9(10)13/h7H,2-6H2,1H3,(H2,10,13). The van der Waals surface area contributed by atoms with Gasteiger partial charge in [-0.25, -0.2) is 0 Å². The second-order valence-electron chi connectivity index (χ2n) is 3.41. The summed E-state index contributed by atoms with van der Waals surface area (Å²) in [5.41, 5.74) is 5.18. The maximum absolute atomic E-state index is 11.3. The van der Waals surface area contributed by atoms with Crippen LogP contribution in [0.15, 0.2) is 0 Å². The first-order valence-corrected chi connectivity index (χ1v) is 4.72. The van der Waals surface area contributed by atoms with Crippen LogP contribution >= 0.6 is 0 Å². The lowest BCUT2D eigenvalue weighted by atomic mass is 9.96. The SMILES string of the molecule is CCC(=O)N1CCC(C(N)=O)CC1. The summed E-state index contributed by atoms with van der Waals surface area (Å²) in [6, 6.07) is 0. The van der Waals surface area contributed by atoms with E-state index in [1.54, 1.807) is 4.90 Å². The Morgan fingerprint density at radius 3 is 2.31 bits per heavy atom. The van der Waals surface area contributed by atoms with E-state index >= 15 is 0 Å². The quantitative estimate of drug-likeness (QED) is 0.662. The van der Waals surface area contributed by atoms with E-state index < -0.39 is 0 Å². The van der Waals surface area contributed by atoms with Crippen molar-refractivity contribution in [3.63, 3.8) is 0 Å². The van der Waals surface area contributed by atoms with Crippen molar-refractivity contribution >= 4 is 11.8 Å². The van der Waals surface area contributed by atoms with Crippen LogP contribution in [0.2, 0.25) is 0 Å². The zero-order valence-electron chi connectivity index (χ0n) is 7.95. The van der Waals surface area contributed by atoms with Crippen molar-refractivity contribution in [2.75, 3.05) is 13.1 Å². The Morgan fingerprint density at radius 1 is 1.38 bits per heavy atom. The van der Waals surface area contributed by atoms with E-state index in [0.29, 0.717) is 19.5 Å². The predicted molar refractivity (Wildman–Crippen MR) is 48.8 cm³/mol. The van der Waals surface area contributed by atoms with E-state index in [1.165, 1.54) is 0 Å². The third-order valence-electron chi connectivity index (χ3n) is 2.55. The van der Waals surface area contributed by atoms with Crippen LogP contribution < -0.4 is 5.73 Å². The van der Waals surface area contributed by atoms with Gasteiger partial charge in [-0.2, -0.15) is 0 Å². The Hall–Kier alpha value is -1.06. The molecule has 0 radical (unpaired) electrons. The van der Waals surface area contributed by atoms with E-state index in [0.717, 1.165) is 12.8 Å². The summed E-state index contributed by atoms with van der Waals surface area (Å²) < 4.78 is 0. The second-order valence-corrected chi connectivity index (χ2v) is 3.41. The fourth-order valence-corrected chi connectivity index (χ4v) is 1.64. The van der Waals surface area contributed by atoms with Gasteiger partial charge in [0.25, 0.3) is 0 Å². The summed E-state index contributed by atoms with van der Waals surface area (Å²) >= 11 is 0. The maximum atomic E-state index is 11.3. The number of likely N-dealkylation sites (tertiary alicyclic amines) is 1. The molecule has 1 heterocycles. The number of hydrogen-bond acceptors (Lipinski definition) is 2. The normalized spacial score (nSPS) is 18.7. The van der Waals surface area contributed by atoms with Crippen LogP contribution in [-0.4, -0.2) is 29.8 Å². The number of nitrogens with zero attached hydrogens (tertiary/aromatic N) is 1. The van der Waals surface area contributed by atoms with E-state index in [4.69, 9.17) is 5.73 Å². The van der Waals surface area contributed by atoms with Crippen molar-refractivity contribution in [3.8, 4) is 0 Å². The molecule has 74 valence electrons. The highest BCUT2D eigenvalue weighted by Crippen LogP contribution is 2.16. The molecule has 0 aromatic carbocycles. The summed E-state index contributed by atoms with van der Waals surface area (Å²) in [6.07, 6.45) is 1.99. The molecule has 1 fully saturated rings. The molecule has 0 saturated carbocycles. The Kier molecular flexibility index (Phi) is 3.28. The van der Waals surface area contributed by atoms with E-state index in [2.05, 4.69) is 0 Å². The molecule has 1 aliphatic rings. The zero-order valence-corrected chi connectivity index (χ0v) is 7.95. The van der Waals surface area contributed by atoms with Gasteiger partial charge in [0.15, 0.2) is 0 Å². The molecular formula is C9H16N2O2. The second kappa shape index (κ2) is 4.25. The van der Waals surface area contributed by atoms with Crippen molar-refractivity contribution in [3.05, 3.63) is 0 Å². The minimum atomic E-state index is -0.233. The number of carbonyl (C=O) groups excluding carboxylic acids is 2. The molecule has 0 aromatic rings. The lowest BCUT2D eigenvalue weighted by Crippen LogP contribution is -2.41. The molecule has 2 amide bonds. The molecule has 0 unspecified atom stereocenters. The third-order valence-corrected chi connectivity index (χ3v) is 2.55. The highest BCUT2D eigenvalue weighted by atomic mass is 16.2. The van der Waals surface area contributed by atoms with Crippen molar-refractivity contribution in [1.82, 2.24) is 4.90 Å². The highest BCUT2D eigenvalue weighted by molar-refractivity contribution is 5.78. The topological polar surface area (TPSA) is 63.4 Å². The highest BCUT2D eigenvalue weighted by Gasteiger charge is 2.24. The minimum absolute atomic E-state index is 0.0269. The first-order chi connectivity index (χ1) is 6.15. The van der Waals surface area contributed by atoms with Crippen LogP contribution in [-0.2, 0) is 9.59 Å². The van der Waals surface area contributed by atoms with Crippen molar-refractivity contribution in [2.45, 2.75) is 26.2 Å². The van der Waals surface area contributed by atoms with Gasteiger partial charge in [-0.15, -0.1) is 0 Å². The molecule has 2 N–H and O–H groups in total. The van der Waals surface area contributed by atoms with Gasteiger partial charge >= 0.3 is 0 Å². The van der Waals surface area contributed by atoms with Crippen LogP contribution in [0.25, 0.3) is 0 Å². The van der Waals surface area contributed by atoms with E-state index in [-0.39, 0.29) is 17.7 Å². The molecule has 0 aliphatic carbocycles. The number of piperidine rings is 1. The number of hydrogen-bond donors (Lipinski definition) is 1. The average Bonchev–Trinajstić information content (AvgIpc) is 2.17.